The van der Waals surface area contributed by atoms with Crippen LogP contribution in [0.3, 0.4) is 0 Å². The first kappa shape index (κ1) is 28.9. The highest BCUT2D eigenvalue weighted by Gasteiger charge is 2.32. The van der Waals surface area contributed by atoms with Gasteiger partial charge in [0.1, 0.15) is 11.9 Å². The van der Waals surface area contributed by atoms with Crippen molar-refractivity contribution in [3.05, 3.63) is 53.1 Å². The molecule has 0 amide bonds. The number of carbonyl (C=O) groups excluding carboxylic acids is 3. The maximum Gasteiger partial charge on any atom is 0.313 e. The van der Waals surface area contributed by atoms with Crippen molar-refractivity contribution in [1.82, 2.24) is 4.98 Å². The molecule has 2 aromatic rings. The van der Waals surface area contributed by atoms with Crippen molar-refractivity contribution in [2.75, 3.05) is 7.11 Å². The van der Waals surface area contributed by atoms with Crippen LogP contribution >= 0.6 is 0 Å². The minimum absolute atomic E-state index is 0.0617. The first-order valence-corrected chi connectivity index (χ1v) is 12.1. The number of Topliss-reactive ketones (excluding diaryl/α,β-unsaturated/α-hetero) is 1. The Hall–Kier alpha value is -3.29. The van der Waals surface area contributed by atoms with Crippen molar-refractivity contribution < 1.29 is 33.0 Å². The summed E-state index contributed by atoms with van der Waals surface area (Å²) in [4.78, 5) is 42.8. The number of ether oxygens (including phenoxy) is 3. The van der Waals surface area contributed by atoms with Crippen LogP contribution in [0.1, 0.15) is 75.5 Å². The van der Waals surface area contributed by atoms with E-state index in [0.29, 0.717) is 0 Å². The zero-order valence-electron chi connectivity index (χ0n) is 22.3. The van der Waals surface area contributed by atoms with Crippen molar-refractivity contribution in [3.8, 4) is 11.5 Å². The Labute approximate surface area is 212 Å². The number of ketones is 1. The van der Waals surface area contributed by atoms with Crippen LogP contribution in [-0.2, 0) is 14.3 Å². The second-order valence-corrected chi connectivity index (χ2v) is 9.68. The van der Waals surface area contributed by atoms with Crippen LogP contribution in [-0.4, -0.2) is 35.9 Å². The van der Waals surface area contributed by atoms with E-state index >= 15 is 0 Å². The van der Waals surface area contributed by atoms with Crippen LogP contribution in [0.5, 0.6) is 11.5 Å². The molecule has 1 aromatic heterocycles. The second-order valence-electron chi connectivity index (χ2n) is 9.68. The van der Waals surface area contributed by atoms with Crippen molar-refractivity contribution in [2.45, 2.75) is 66.9 Å². The van der Waals surface area contributed by atoms with E-state index in [2.05, 4.69) is 4.98 Å². The second kappa shape index (κ2) is 12.6. The van der Waals surface area contributed by atoms with Crippen molar-refractivity contribution in [3.63, 3.8) is 0 Å². The third kappa shape index (κ3) is 7.12. The van der Waals surface area contributed by atoms with Gasteiger partial charge in [0.25, 0.3) is 0 Å². The molecule has 1 aromatic carbocycles. The number of aromatic nitrogens is 1. The number of halogens is 1. The summed E-state index contributed by atoms with van der Waals surface area (Å²) < 4.78 is 30.0. The van der Waals surface area contributed by atoms with Gasteiger partial charge in [0, 0.05) is 24.6 Å². The summed E-state index contributed by atoms with van der Waals surface area (Å²) in [6.45, 7) is 12.5. The quantitative estimate of drug-likeness (QED) is 0.289. The standard InChI is InChI=1S/C28H36FNO6/c1-15(2)22(28(33)35-19(7)18(6)21-10-9-20(29)13-17(21)5)14-23(31)25-26(36-27(32)16(3)4)24(34-8)11-12-30-25/h9-13,15-16,18-19,22H,14H2,1-8H3/t18-,19+,22-/m0/s1. The molecular formula is C28H36FNO6. The predicted molar refractivity (Wildman–Crippen MR) is 134 cm³/mol. The number of hydrogen-bond donors (Lipinski definition) is 0. The molecule has 0 saturated heterocycles. The summed E-state index contributed by atoms with van der Waals surface area (Å²) >= 11 is 0. The van der Waals surface area contributed by atoms with Crippen LogP contribution in [0, 0.1) is 30.5 Å². The zero-order valence-corrected chi connectivity index (χ0v) is 22.3. The fourth-order valence-corrected chi connectivity index (χ4v) is 3.77. The molecule has 2 rings (SSSR count). The molecule has 3 atom stereocenters. The minimum Gasteiger partial charge on any atom is -0.493 e. The molecule has 0 radical (unpaired) electrons. The Morgan fingerprint density at radius 1 is 1.00 bits per heavy atom. The van der Waals surface area contributed by atoms with Gasteiger partial charge in [-0.2, -0.15) is 0 Å². The van der Waals surface area contributed by atoms with Gasteiger partial charge in [-0.3, -0.25) is 14.4 Å². The monoisotopic (exact) mass is 501 g/mol. The SMILES string of the molecule is COc1ccnc(C(=O)C[C@H](C(=O)O[C@H](C)[C@H](C)c2ccc(F)cc2C)C(C)C)c1OC(=O)C(C)C. The Bertz CT molecular complexity index is 1100. The molecule has 0 aliphatic carbocycles. The van der Waals surface area contributed by atoms with Gasteiger partial charge in [0.2, 0.25) is 5.75 Å². The highest BCUT2D eigenvalue weighted by molar-refractivity contribution is 6.00. The Morgan fingerprint density at radius 3 is 2.22 bits per heavy atom. The van der Waals surface area contributed by atoms with Crippen LogP contribution in [0.4, 0.5) is 4.39 Å². The van der Waals surface area contributed by atoms with Gasteiger partial charge in [-0.15, -0.1) is 0 Å². The molecule has 0 unspecified atom stereocenters. The fourth-order valence-electron chi connectivity index (χ4n) is 3.77. The Morgan fingerprint density at radius 2 is 1.67 bits per heavy atom. The Kier molecular flexibility index (Phi) is 10.1. The fraction of sp³-hybridized carbons (Fsp3) is 0.500. The molecule has 0 aliphatic rings. The highest BCUT2D eigenvalue weighted by atomic mass is 19.1. The van der Waals surface area contributed by atoms with E-state index in [1.165, 1.54) is 31.5 Å². The maximum absolute atomic E-state index is 13.5. The van der Waals surface area contributed by atoms with E-state index in [4.69, 9.17) is 14.2 Å². The van der Waals surface area contributed by atoms with E-state index in [0.717, 1.165) is 11.1 Å². The number of benzene rings is 1. The summed E-state index contributed by atoms with van der Waals surface area (Å²) in [7, 11) is 1.40. The van der Waals surface area contributed by atoms with Gasteiger partial charge in [0.05, 0.1) is 18.9 Å². The number of pyridine rings is 1. The molecule has 0 saturated carbocycles. The van der Waals surface area contributed by atoms with Crippen LogP contribution in [0.2, 0.25) is 0 Å². The average molecular weight is 502 g/mol. The summed E-state index contributed by atoms with van der Waals surface area (Å²) in [6.07, 6.45) is 0.700. The molecule has 1 heterocycles. The number of rotatable bonds is 11. The normalized spacial score (nSPS) is 13.8. The van der Waals surface area contributed by atoms with Crippen molar-refractivity contribution in [1.29, 1.82) is 0 Å². The lowest BCUT2D eigenvalue weighted by molar-refractivity contribution is -0.155. The molecule has 8 heteroatoms. The molecule has 0 spiro atoms. The summed E-state index contributed by atoms with van der Waals surface area (Å²) in [5.74, 6) is -3.26. The number of hydrogen-bond acceptors (Lipinski definition) is 7. The molecular weight excluding hydrogens is 465 g/mol. The molecule has 7 nitrogen and oxygen atoms in total. The summed E-state index contributed by atoms with van der Waals surface area (Å²) in [5, 5.41) is 0. The number of aryl methyl sites for hydroxylation is 1. The van der Waals surface area contributed by atoms with Gasteiger partial charge < -0.3 is 14.2 Å². The van der Waals surface area contributed by atoms with Crippen LogP contribution in [0.15, 0.2) is 30.5 Å². The lowest BCUT2D eigenvalue weighted by Gasteiger charge is -2.26. The third-order valence-corrected chi connectivity index (χ3v) is 6.27. The van der Waals surface area contributed by atoms with Crippen molar-refractivity contribution >= 4 is 17.7 Å². The number of esters is 2. The van der Waals surface area contributed by atoms with Crippen LogP contribution < -0.4 is 9.47 Å². The first-order chi connectivity index (χ1) is 16.9. The first-order valence-electron chi connectivity index (χ1n) is 12.1. The lowest BCUT2D eigenvalue weighted by atomic mass is 9.89. The van der Waals surface area contributed by atoms with Crippen LogP contribution in [0.25, 0.3) is 0 Å². The van der Waals surface area contributed by atoms with Gasteiger partial charge in [-0.25, -0.2) is 9.37 Å². The topological polar surface area (TPSA) is 91.8 Å². The number of nitrogens with zero attached hydrogens (tertiary/aromatic N) is 1. The molecule has 0 fully saturated rings. The van der Waals surface area contributed by atoms with Gasteiger partial charge in [-0.1, -0.05) is 40.7 Å². The van der Waals surface area contributed by atoms with E-state index in [1.807, 2.05) is 27.7 Å². The van der Waals surface area contributed by atoms with E-state index in [1.54, 1.807) is 26.8 Å². The molecule has 0 N–H and O–H groups in total. The average Bonchev–Trinajstić information content (AvgIpc) is 2.81. The predicted octanol–water partition coefficient (Wildman–Crippen LogP) is 5.68. The summed E-state index contributed by atoms with van der Waals surface area (Å²) in [5.41, 5.74) is 1.57. The van der Waals surface area contributed by atoms with E-state index in [-0.39, 0.29) is 41.3 Å². The van der Waals surface area contributed by atoms with E-state index < -0.39 is 35.7 Å². The Balaban J connectivity index is 2.23. The minimum atomic E-state index is -0.747. The molecule has 0 aliphatic heterocycles. The van der Waals surface area contributed by atoms with Gasteiger partial charge in [-0.05, 0) is 43.0 Å². The van der Waals surface area contributed by atoms with Gasteiger partial charge >= 0.3 is 11.9 Å². The summed E-state index contributed by atoms with van der Waals surface area (Å²) in [6, 6.07) is 6.01. The molecule has 36 heavy (non-hydrogen) atoms. The molecule has 0 bridgehead atoms. The zero-order chi connectivity index (χ0) is 27.2. The maximum atomic E-state index is 13.5. The van der Waals surface area contributed by atoms with Crippen molar-refractivity contribution in [2.24, 2.45) is 17.8 Å². The molecule has 196 valence electrons. The third-order valence-electron chi connectivity index (χ3n) is 6.27. The van der Waals surface area contributed by atoms with E-state index in [9.17, 15) is 18.8 Å². The highest BCUT2D eigenvalue weighted by Crippen LogP contribution is 2.33. The lowest BCUT2D eigenvalue weighted by Crippen LogP contribution is -2.31. The van der Waals surface area contributed by atoms with Gasteiger partial charge in [0.15, 0.2) is 17.2 Å². The number of carbonyl (C=O) groups is 3. The smallest absolute Gasteiger partial charge is 0.313 e. The largest absolute Gasteiger partial charge is 0.493 e. The number of methoxy groups -OCH3 is 1.